The molecule has 114 valence electrons. The zero-order valence-corrected chi connectivity index (χ0v) is 12.4. The molecule has 0 aliphatic heterocycles. The fraction of sp³-hybridized carbons (Fsp3) is 0.0588. The van der Waals surface area contributed by atoms with Crippen LogP contribution in [-0.2, 0) is 7.05 Å². The highest BCUT2D eigenvalue weighted by Gasteiger charge is 2.16. The molecule has 23 heavy (non-hydrogen) atoms. The Balaban J connectivity index is 2.12. The van der Waals surface area contributed by atoms with E-state index in [1.807, 2.05) is 36.4 Å². The summed E-state index contributed by atoms with van der Waals surface area (Å²) >= 11 is 0. The highest BCUT2D eigenvalue weighted by molar-refractivity contribution is 5.71. The summed E-state index contributed by atoms with van der Waals surface area (Å²) in [7, 11) is 1.51. The minimum atomic E-state index is -0.512. The molecule has 6 heteroatoms. The van der Waals surface area contributed by atoms with E-state index < -0.39 is 5.56 Å². The lowest BCUT2D eigenvalue weighted by atomic mass is 10.1. The molecule has 0 amide bonds. The molecular formula is C17H14N4O2. The summed E-state index contributed by atoms with van der Waals surface area (Å²) in [6, 6.07) is 18.1. The predicted octanol–water partition coefficient (Wildman–Crippen LogP) is 3.57. The average Bonchev–Trinajstić information content (AvgIpc) is 2.60. The zero-order chi connectivity index (χ0) is 16.2. The first-order valence-electron chi connectivity index (χ1n) is 6.99. The second-order valence-corrected chi connectivity index (χ2v) is 4.88. The lowest BCUT2D eigenvalue weighted by Crippen LogP contribution is -2.19. The van der Waals surface area contributed by atoms with E-state index >= 15 is 0 Å². The highest BCUT2D eigenvalue weighted by atomic mass is 16.3. The molecule has 0 fully saturated rings. The molecule has 0 spiro atoms. The molecule has 0 saturated heterocycles. The number of hydrogen-bond acceptors (Lipinski definition) is 5. The van der Waals surface area contributed by atoms with E-state index in [-0.39, 0.29) is 17.1 Å². The van der Waals surface area contributed by atoms with Gasteiger partial charge in [0.2, 0.25) is 0 Å². The van der Waals surface area contributed by atoms with Crippen molar-refractivity contribution >= 4 is 11.4 Å². The quantitative estimate of drug-likeness (QED) is 0.751. The molecule has 0 aliphatic rings. The van der Waals surface area contributed by atoms with Crippen molar-refractivity contribution in [2.45, 2.75) is 0 Å². The van der Waals surface area contributed by atoms with Crippen molar-refractivity contribution in [3.8, 4) is 17.0 Å². The lowest BCUT2D eigenvalue weighted by molar-refractivity contribution is 0.469. The van der Waals surface area contributed by atoms with Gasteiger partial charge in [0.05, 0.1) is 5.69 Å². The second kappa shape index (κ2) is 6.23. The Hall–Kier alpha value is -3.28. The van der Waals surface area contributed by atoms with Gasteiger partial charge in [-0.1, -0.05) is 48.5 Å². The van der Waals surface area contributed by atoms with E-state index in [0.29, 0.717) is 11.3 Å². The Morgan fingerprint density at radius 2 is 1.57 bits per heavy atom. The molecular weight excluding hydrogens is 292 g/mol. The van der Waals surface area contributed by atoms with Gasteiger partial charge in [-0.05, 0) is 12.1 Å². The summed E-state index contributed by atoms with van der Waals surface area (Å²) in [5.74, 6) is -0.279. The first kappa shape index (κ1) is 14.6. The number of nitrogens with zero attached hydrogens (tertiary/aromatic N) is 4. The summed E-state index contributed by atoms with van der Waals surface area (Å²) in [5.41, 5.74) is 0.922. The molecule has 1 N–H and O–H groups in total. The van der Waals surface area contributed by atoms with Gasteiger partial charge in [-0.3, -0.25) is 4.79 Å². The van der Waals surface area contributed by atoms with Crippen molar-refractivity contribution in [1.29, 1.82) is 0 Å². The minimum Gasteiger partial charge on any atom is -0.504 e. The number of hydrogen-bond donors (Lipinski definition) is 1. The summed E-state index contributed by atoms with van der Waals surface area (Å²) in [6.07, 6.45) is 0. The van der Waals surface area contributed by atoms with Gasteiger partial charge in [-0.15, -0.1) is 5.11 Å². The van der Waals surface area contributed by atoms with E-state index in [4.69, 9.17) is 0 Å². The molecule has 1 aromatic heterocycles. The molecule has 6 nitrogen and oxygen atoms in total. The first-order valence-corrected chi connectivity index (χ1v) is 6.99. The van der Waals surface area contributed by atoms with Crippen molar-refractivity contribution in [2.75, 3.05) is 0 Å². The van der Waals surface area contributed by atoms with Gasteiger partial charge < -0.3 is 5.11 Å². The second-order valence-electron chi connectivity index (χ2n) is 4.88. The van der Waals surface area contributed by atoms with Crippen LogP contribution in [0, 0.1) is 0 Å². The monoisotopic (exact) mass is 306 g/mol. The fourth-order valence-corrected chi connectivity index (χ4v) is 2.09. The average molecular weight is 306 g/mol. The van der Waals surface area contributed by atoms with Gasteiger partial charge in [0.1, 0.15) is 5.69 Å². The van der Waals surface area contributed by atoms with Crippen molar-refractivity contribution in [3.05, 3.63) is 71.0 Å². The Morgan fingerprint density at radius 3 is 2.22 bits per heavy atom. The maximum absolute atomic E-state index is 12.2. The van der Waals surface area contributed by atoms with Crippen molar-refractivity contribution in [2.24, 2.45) is 17.3 Å². The number of aromatic hydroxyl groups is 1. The molecule has 0 aliphatic carbocycles. The fourth-order valence-electron chi connectivity index (χ4n) is 2.09. The third kappa shape index (κ3) is 3.01. The van der Waals surface area contributed by atoms with E-state index in [9.17, 15) is 9.90 Å². The van der Waals surface area contributed by atoms with Crippen LogP contribution in [0.15, 0.2) is 75.7 Å². The van der Waals surface area contributed by atoms with Crippen LogP contribution < -0.4 is 5.56 Å². The van der Waals surface area contributed by atoms with Gasteiger partial charge in [-0.25, -0.2) is 4.68 Å². The van der Waals surface area contributed by atoms with Crippen LogP contribution in [0.25, 0.3) is 11.3 Å². The van der Waals surface area contributed by atoms with Crippen molar-refractivity contribution in [1.82, 2.24) is 9.78 Å². The first-order chi connectivity index (χ1) is 11.2. The van der Waals surface area contributed by atoms with Crippen LogP contribution in [0.2, 0.25) is 0 Å². The van der Waals surface area contributed by atoms with Crippen LogP contribution in [0.1, 0.15) is 0 Å². The van der Waals surface area contributed by atoms with Crippen molar-refractivity contribution in [3.63, 3.8) is 0 Å². The van der Waals surface area contributed by atoms with Gasteiger partial charge in [0.15, 0.2) is 11.4 Å². The Morgan fingerprint density at radius 1 is 0.957 bits per heavy atom. The maximum atomic E-state index is 12.2. The standard InChI is InChI=1S/C17H14N4O2/c1-21-17(23)15(19-18-13-10-6-3-7-11-13)16(22)14(20-21)12-8-4-2-5-9-12/h2-11,22H,1H3. The normalized spacial score (nSPS) is 11.0. The zero-order valence-electron chi connectivity index (χ0n) is 12.4. The van der Waals surface area contributed by atoms with Gasteiger partial charge in [0, 0.05) is 12.6 Å². The summed E-state index contributed by atoms with van der Waals surface area (Å²) < 4.78 is 1.14. The largest absolute Gasteiger partial charge is 0.504 e. The number of aryl methyl sites for hydroxylation is 1. The Kier molecular flexibility index (Phi) is 3.97. The number of aromatic nitrogens is 2. The molecule has 0 saturated carbocycles. The van der Waals surface area contributed by atoms with Crippen molar-refractivity contribution < 1.29 is 5.11 Å². The lowest BCUT2D eigenvalue weighted by Gasteiger charge is -2.07. The Bertz CT molecular complexity index is 903. The summed E-state index contributed by atoms with van der Waals surface area (Å²) in [5, 5.41) is 22.4. The number of azo groups is 1. The van der Waals surface area contributed by atoms with Crippen LogP contribution >= 0.6 is 0 Å². The molecule has 0 radical (unpaired) electrons. The van der Waals surface area contributed by atoms with E-state index in [1.165, 1.54) is 7.05 Å². The molecule has 0 atom stereocenters. The van der Waals surface area contributed by atoms with E-state index in [1.54, 1.807) is 24.3 Å². The molecule has 2 aromatic carbocycles. The molecule has 3 aromatic rings. The molecule has 0 bridgehead atoms. The van der Waals surface area contributed by atoms with Gasteiger partial charge in [-0.2, -0.15) is 10.2 Å². The third-order valence-corrected chi connectivity index (χ3v) is 3.26. The maximum Gasteiger partial charge on any atom is 0.298 e. The van der Waals surface area contributed by atoms with Gasteiger partial charge >= 0.3 is 0 Å². The van der Waals surface area contributed by atoms with Crippen LogP contribution in [-0.4, -0.2) is 14.9 Å². The summed E-state index contributed by atoms with van der Waals surface area (Å²) in [6.45, 7) is 0. The predicted molar refractivity (Wildman–Crippen MR) is 87.2 cm³/mol. The van der Waals surface area contributed by atoms with Gasteiger partial charge in [0.25, 0.3) is 5.56 Å². The third-order valence-electron chi connectivity index (χ3n) is 3.26. The molecule has 3 rings (SSSR count). The smallest absolute Gasteiger partial charge is 0.298 e. The van der Waals surface area contributed by atoms with Crippen LogP contribution in [0.4, 0.5) is 11.4 Å². The van der Waals surface area contributed by atoms with Crippen LogP contribution in [0.3, 0.4) is 0 Å². The molecule has 0 unspecified atom stereocenters. The van der Waals surface area contributed by atoms with E-state index in [2.05, 4.69) is 15.3 Å². The Labute approximate surface area is 132 Å². The number of rotatable bonds is 3. The highest BCUT2D eigenvalue weighted by Crippen LogP contribution is 2.33. The van der Waals surface area contributed by atoms with E-state index in [0.717, 1.165) is 4.68 Å². The molecule has 1 heterocycles. The SMILES string of the molecule is Cn1nc(-c2ccccc2)c(O)c(N=Nc2ccccc2)c1=O. The minimum absolute atomic E-state index is 0.134. The number of benzene rings is 2. The van der Waals surface area contributed by atoms with Crippen LogP contribution in [0.5, 0.6) is 5.75 Å². The summed E-state index contributed by atoms with van der Waals surface area (Å²) in [4.78, 5) is 12.2. The topological polar surface area (TPSA) is 79.8 Å².